The maximum absolute atomic E-state index is 12.5. The molecule has 9 nitrogen and oxygen atoms in total. The molecule has 0 radical (unpaired) electrons. The van der Waals surface area contributed by atoms with Gasteiger partial charge in [-0.3, -0.25) is 4.79 Å². The summed E-state index contributed by atoms with van der Waals surface area (Å²) < 4.78 is 15.8. The minimum atomic E-state index is -1.58. The summed E-state index contributed by atoms with van der Waals surface area (Å²) >= 11 is 0. The van der Waals surface area contributed by atoms with Crippen molar-refractivity contribution < 1.29 is 44.5 Å². The number of methoxy groups -OCH3 is 1. The number of carbonyl (C=O) groups is 1. The highest BCUT2D eigenvalue weighted by Gasteiger charge is 2.44. The van der Waals surface area contributed by atoms with Crippen LogP contribution in [0.3, 0.4) is 0 Å². The van der Waals surface area contributed by atoms with Crippen LogP contribution in [0.1, 0.15) is 15.9 Å². The van der Waals surface area contributed by atoms with E-state index in [1.807, 2.05) is 0 Å². The molecule has 0 bridgehead atoms. The molecule has 1 heterocycles. The summed E-state index contributed by atoms with van der Waals surface area (Å²) in [4.78, 5) is 12.5. The first-order valence-electron chi connectivity index (χ1n) is 9.30. The van der Waals surface area contributed by atoms with Crippen LogP contribution in [-0.2, 0) is 11.2 Å². The van der Waals surface area contributed by atoms with Gasteiger partial charge in [-0.05, 0) is 29.8 Å². The summed E-state index contributed by atoms with van der Waals surface area (Å²) in [7, 11) is 1.55. The fourth-order valence-corrected chi connectivity index (χ4v) is 3.14. The zero-order valence-corrected chi connectivity index (χ0v) is 16.2. The van der Waals surface area contributed by atoms with Gasteiger partial charge in [0.05, 0.1) is 19.3 Å². The summed E-state index contributed by atoms with van der Waals surface area (Å²) in [5.74, 6) is 0.106. The number of carbonyl (C=O) groups excluding carboxylic acids is 1. The van der Waals surface area contributed by atoms with Gasteiger partial charge in [0.1, 0.15) is 41.7 Å². The molecule has 1 aliphatic heterocycles. The number of phenols is 1. The number of aliphatic hydroxyl groups is 4. The Balaban J connectivity index is 1.69. The Morgan fingerprint density at radius 3 is 2.27 bits per heavy atom. The average Bonchev–Trinajstić information content (AvgIpc) is 2.74. The number of aliphatic hydroxyl groups excluding tert-OH is 4. The van der Waals surface area contributed by atoms with E-state index in [1.54, 1.807) is 31.4 Å². The van der Waals surface area contributed by atoms with E-state index in [4.69, 9.17) is 14.2 Å². The summed E-state index contributed by atoms with van der Waals surface area (Å²) in [5, 5.41) is 49.1. The molecule has 0 unspecified atom stereocenters. The molecule has 5 N–H and O–H groups in total. The van der Waals surface area contributed by atoms with Crippen molar-refractivity contribution in [3.8, 4) is 17.2 Å². The summed E-state index contributed by atoms with van der Waals surface area (Å²) in [6, 6.07) is 10.9. The highest BCUT2D eigenvalue weighted by atomic mass is 16.7. The van der Waals surface area contributed by atoms with Gasteiger partial charge in [-0.1, -0.05) is 12.1 Å². The molecule has 0 saturated carbocycles. The fraction of sp³-hybridized carbons (Fsp3) is 0.381. The zero-order chi connectivity index (χ0) is 21.8. The van der Waals surface area contributed by atoms with Gasteiger partial charge < -0.3 is 39.7 Å². The van der Waals surface area contributed by atoms with Crippen LogP contribution < -0.4 is 9.47 Å². The number of rotatable bonds is 7. The van der Waals surface area contributed by atoms with E-state index in [9.17, 15) is 30.3 Å². The van der Waals surface area contributed by atoms with Gasteiger partial charge >= 0.3 is 0 Å². The van der Waals surface area contributed by atoms with E-state index in [1.165, 1.54) is 18.2 Å². The molecule has 5 atom stereocenters. The van der Waals surface area contributed by atoms with E-state index in [-0.39, 0.29) is 29.3 Å². The summed E-state index contributed by atoms with van der Waals surface area (Å²) in [6.07, 6.45) is -7.10. The Morgan fingerprint density at radius 1 is 1.00 bits per heavy atom. The highest BCUT2D eigenvalue weighted by molar-refractivity contribution is 6.00. The Labute approximate surface area is 172 Å². The molecule has 3 rings (SSSR count). The first-order valence-corrected chi connectivity index (χ1v) is 9.30. The van der Waals surface area contributed by atoms with Crippen LogP contribution in [-0.4, -0.2) is 75.7 Å². The number of aromatic hydroxyl groups is 1. The molecule has 1 saturated heterocycles. The lowest BCUT2D eigenvalue weighted by atomic mass is 9.99. The number of hydrogen-bond donors (Lipinski definition) is 5. The minimum absolute atomic E-state index is 0.0674. The van der Waals surface area contributed by atoms with Crippen LogP contribution in [0, 0.1) is 0 Å². The standard InChI is InChI=1S/C21H24O9/c1-28-12-4-2-11(3-5-12)8-15(23)14-7-6-13(9-16(14)24)29-21-20(27)19(26)18(25)17(10-22)30-21/h2-7,9,17-22,24-27H,8,10H2,1H3/t17-,18+,19-,20-,21+/m0/s1. The van der Waals surface area contributed by atoms with Crippen LogP contribution in [0.15, 0.2) is 42.5 Å². The third-order valence-electron chi connectivity index (χ3n) is 4.89. The second-order valence-electron chi connectivity index (χ2n) is 6.94. The number of phenolic OH excluding ortho intramolecular Hbond substituents is 1. The molecule has 1 fully saturated rings. The van der Waals surface area contributed by atoms with Crippen LogP contribution in [0.25, 0.3) is 0 Å². The lowest BCUT2D eigenvalue weighted by Crippen LogP contribution is -2.60. The van der Waals surface area contributed by atoms with E-state index in [0.717, 1.165) is 5.56 Å². The highest BCUT2D eigenvalue weighted by Crippen LogP contribution is 2.29. The maximum atomic E-state index is 12.5. The third kappa shape index (κ3) is 4.72. The zero-order valence-electron chi connectivity index (χ0n) is 16.2. The van der Waals surface area contributed by atoms with Gasteiger partial charge in [0.25, 0.3) is 0 Å². The Morgan fingerprint density at radius 2 is 1.67 bits per heavy atom. The maximum Gasteiger partial charge on any atom is 0.229 e. The molecule has 30 heavy (non-hydrogen) atoms. The molecule has 0 spiro atoms. The van der Waals surface area contributed by atoms with E-state index in [0.29, 0.717) is 5.75 Å². The predicted molar refractivity (Wildman–Crippen MR) is 104 cm³/mol. The van der Waals surface area contributed by atoms with Gasteiger partial charge in [0.15, 0.2) is 5.78 Å². The van der Waals surface area contributed by atoms with Gasteiger partial charge in [0.2, 0.25) is 6.29 Å². The van der Waals surface area contributed by atoms with E-state index >= 15 is 0 Å². The lowest BCUT2D eigenvalue weighted by Gasteiger charge is -2.39. The van der Waals surface area contributed by atoms with Crippen molar-refractivity contribution in [2.45, 2.75) is 37.1 Å². The van der Waals surface area contributed by atoms with Crippen molar-refractivity contribution >= 4 is 5.78 Å². The second kappa shape index (κ2) is 9.41. The predicted octanol–water partition coefficient (Wildman–Crippen LogP) is 0.00490. The quantitative estimate of drug-likeness (QED) is 0.391. The molecule has 1 aliphatic rings. The number of Topliss-reactive ketones (excluding diaryl/α,β-unsaturated/α-hetero) is 1. The van der Waals surface area contributed by atoms with Gasteiger partial charge in [-0.15, -0.1) is 0 Å². The largest absolute Gasteiger partial charge is 0.507 e. The monoisotopic (exact) mass is 420 g/mol. The average molecular weight is 420 g/mol. The smallest absolute Gasteiger partial charge is 0.229 e. The summed E-state index contributed by atoms with van der Waals surface area (Å²) in [5.41, 5.74) is 0.841. The van der Waals surface area contributed by atoms with Crippen LogP contribution in [0.4, 0.5) is 0 Å². The molecular formula is C21H24O9. The van der Waals surface area contributed by atoms with Gasteiger partial charge in [-0.25, -0.2) is 0 Å². The second-order valence-corrected chi connectivity index (χ2v) is 6.94. The Kier molecular flexibility index (Phi) is 6.91. The van der Waals surface area contributed by atoms with Crippen LogP contribution >= 0.6 is 0 Å². The van der Waals surface area contributed by atoms with Crippen LogP contribution in [0.2, 0.25) is 0 Å². The van der Waals surface area contributed by atoms with Crippen molar-refractivity contribution in [2.24, 2.45) is 0 Å². The normalized spacial score (nSPS) is 26.2. The molecule has 0 aliphatic carbocycles. The van der Waals surface area contributed by atoms with Crippen molar-refractivity contribution in [3.05, 3.63) is 53.6 Å². The van der Waals surface area contributed by atoms with E-state index < -0.39 is 37.3 Å². The molecule has 0 aromatic heterocycles. The number of benzene rings is 2. The SMILES string of the molecule is COc1ccc(CC(=O)c2ccc(O[C@@H]3O[C@@H](CO)[C@@H](O)[C@H](O)[C@@H]3O)cc2O)cc1. The van der Waals surface area contributed by atoms with Crippen molar-refractivity contribution in [3.63, 3.8) is 0 Å². The van der Waals surface area contributed by atoms with Gasteiger partial charge in [-0.2, -0.15) is 0 Å². The Hall–Kier alpha value is -2.69. The van der Waals surface area contributed by atoms with Crippen molar-refractivity contribution in [2.75, 3.05) is 13.7 Å². The first kappa shape index (κ1) is 22.0. The van der Waals surface area contributed by atoms with Gasteiger partial charge in [0, 0.05) is 12.5 Å². The molecule has 162 valence electrons. The third-order valence-corrected chi connectivity index (χ3v) is 4.89. The number of ketones is 1. The molecule has 0 amide bonds. The topological polar surface area (TPSA) is 146 Å². The van der Waals surface area contributed by atoms with Crippen molar-refractivity contribution in [1.29, 1.82) is 0 Å². The molecule has 9 heteroatoms. The molecule has 2 aromatic rings. The molecule has 2 aromatic carbocycles. The van der Waals surface area contributed by atoms with Crippen LogP contribution in [0.5, 0.6) is 17.2 Å². The van der Waals surface area contributed by atoms with Crippen molar-refractivity contribution in [1.82, 2.24) is 0 Å². The Bertz CT molecular complexity index is 865. The van der Waals surface area contributed by atoms with E-state index in [2.05, 4.69) is 0 Å². The minimum Gasteiger partial charge on any atom is -0.507 e. The number of hydrogen-bond acceptors (Lipinski definition) is 9. The fourth-order valence-electron chi connectivity index (χ4n) is 3.14. The summed E-state index contributed by atoms with van der Waals surface area (Å²) in [6.45, 7) is -0.588. The molecular weight excluding hydrogens is 396 g/mol. The number of ether oxygens (including phenoxy) is 3. The first-order chi connectivity index (χ1) is 14.3. The lowest BCUT2D eigenvalue weighted by molar-refractivity contribution is -0.277.